The fourth-order valence-electron chi connectivity index (χ4n) is 0.250. The summed E-state index contributed by atoms with van der Waals surface area (Å²) in [6, 6.07) is 1.87. The lowest BCUT2D eigenvalue weighted by atomic mass is 10.5. The molecule has 0 fully saturated rings. The Hall–Kier alpha value is -1.23. The van der Waals surface area contributed by atoms with Gasteiger partial charge in [0.25, 0.3) is 0 Å². The lowest BCUT2D eigenvalue weighted by molar-refractivity contribution is 1.10. The summed E-state index contributed by atoms with van der Waals surface area (Å²) >= 11 is 0. The van der Waals surface area contributed by atoms with Crippen molar-refractivity contribution >= 4 is 0 Å². The van der Waals surface area contributed by atoms with Gasteiger partial charge in [0.05, 0.1) is 6.07 Å². The van der Waals surface area contributed by atoms with Crippen LogP contribution in [0.15, 0.2) is 24.4 Å². The molecule has 1 N–H and O–H groups in total. The van der Waals surface area contributed by atoms with Crippen LogP contribution in [0.25, 0.3) is 0 Å². The van der Waals surface area contributed by atoms with Gasteiger partial charge in [0.2, 0.25) is 0 Å². The number of nitrogens with one attached hydrogen (secondary N) is 1. The largest absolute Gasteiger partial charge is 0.394 e. The summed E-state index contributed by atoms with van der Waals surface area (Å²) in [6.45, 7) is 0. The van der Waals surface area contributed by atoms with Crippen LogP contribution in [0, 0.1) is 11.3 Å². The van der Waals surface area contributed by atoms with Crippen molar-refractivity contribution in [2.45, 2.75) is 0 Å². The minimum Gasteiger partial charge on any atom is -0.394 e. The Kier molecular flexibility index (Phi) is 4.88. The van der Waals surface area contributed by atoms with Crippen LogP contribution in [-0.4, -0.2) is 7.05 Å². The molecule has 0 aromatic heterocycles. The Morgan fingerprint density at radius 1 is 1.50 bits per heavy atom. The van der Waals surface area contributed by atoms with Crippen LogP contribution in [0.4, 0.5) is 0 Å². The first kappa shape index (κ1) is 6.77. The minimum absolute atomic E-state index is 1.41. The first-order valence-corrected chi connectivity index (χ1v) is 2.30. The van der Waals surface area contributed by atoms with E-state index in [9.17, 15) is 0 Å². The third-order valence-corrected chi connectivity index (χ3v) is 0.545. The normalized spacial score (nSPS) is 10.0. The third kappa shape index (κ3) is 4.77. The first-order valence-electron chi connectivity index (χ1n) is 2.30. The summed E-state index contributed by atoms with van der Waals surface area (Å²) in [7, 11) is 1.80. The second-order valence-corrected chi connectivity index (χ2v) is 1.14. The van der Waals surface area contributed by atoms with Crippen LogP contribution >= 0.6 is 0 Å². The van der Waals surface area contributed by atoms with Gasteiger partial charge in [-0.15, -0.1) is 0 Å². The molecule has 0 unspecified atom stereocenters. The topological polar surface area (TPSA) is 35.8 Å². The van der Waals surface area contributed by atoms with Crippen molar-refractivity contribution in [1.82, 2.24) is 5.32 Å². The van der Waals surface area contributed by atoms with E-state index in [0.717, 1.165) is 0 Å². The molecule has 0 aliphatic heterocycles. The van der Waals surface area contributed by atoms with Gasteiger partial charge in [0, 0.05) is 13.1 Å². The van der Waals surface area contributed by atoms with Gasteiger partial charge < -0.3 is 5.32 Å². The van der Waals surface area contributed by atoms with Gasteiger partial charge in [0.1, 0.15) is 0 Å². The standard InChI is InChI=1S/C6H8N2/c1-8-6-4-2-3-5-7/h2-4,6,8H,1H3/b3-2-,6-4+. The van der Waals surface area contributed by atoms with Crippen LogP contribution in [0.2, 0.25) is 0 Å². The van der Waals surface area contributed by atoms with Gasteiger partial charge in [0.15, 0.2) is 0 Å². The number of rotatable bonds is 2. The summed E-state index contributed by atoms with van der Waals surface area (Å²) in [5.74, 6) is 0. The SMILES string of the molecule is CN/C=C/C=C\C#N. The molecule has 0 amide bonds. The van der Waals surface area contributed by atoms with E-state index in [1.807, 2.05) is 6.07 Å². The van der Waals surface area contributed by atoms with Gasteiger partial charge in [-0.2, -0.15) is 5.26 Å². The molecule has 0 bridgehead atoms. The molecule has 0 saturated heterocycles. The van der Waals surface area contributed by atoms with Gasteiger partial charge in [-0.25, -0.2) is 0 Å². The zero-order chi connectivity index (χ0) is 6.24. The highest BCUT2D eigenvalue weighted by molar-refractivity contribution is 5.10. The number of nitrogens with zero attached hydrogens (tertiary/aromatic N) is 1. The van der Waals surface area contributed by atoms with E-state index in [-0.39, 0.29) is 0 Å². The van der Waals surface area contributed by atoms with E-state index >= 15 is 0 Å². The van der Waals surface area contributed by atoms with Crippen LogP contribution in [0.3, 0.4) is 0 Å². The maximum Gasteiger partial charge on any atom is 0.0912 e. The molecule has 8 heavy (non-hydrogen) atoms. The average molecular weight is 108 g/mol. The fourth-order valence-corrected chi connectivity index (χ4v) is 0.250. The van der Waals surface area contributed by atoms with Crippen LogP contribution < -0.4 is 5.32 Å². The number of hydrogen-bond donors (Lipinski definition) is 1. The molecule has 2 heteroatoms. The highest BCUT2D eigenvalue weighted by Crippen LogP contribution is 1.70. The fraction of sp³-hybridized carbons (Fsp3) is 0.167. The number of allylic oxidation sites excluding steroid dienone is 3. The van der Waals surface area contributed by atoms with Crippen molar-refractivity contribution in [2.75, 3.05) is 7.05 Å². The molecule has 0 aromatic carbocycles. The average Bonchev–Trinajstić information content (AvgIpc) is 1.81. The molecule has 0 aliphatic carbocycles. The van der Waals surface area contributed by atoms with Crippen LogP contribution in [-0.2, 0) is 0 Å². The Morgan fingerprint density at radius 2 is 2.25 bits per heavy atom. The van der Waals surface area contributed by atoms with Crippen molar-refractivity contribution in [3.8, 4) is 6.07 Å². The smallest absolute Gasteiger partial charge is 0.0912 e. The third-order valence-electron chi connectivity index (χ3n) is 0.545. The second-order valence-electron chi connectivity index (χ2n) is 1.14. The molecule has 2 nitrogen and oxygen atoms in total. The minimum atomic E-state index is 1.41. The number of nitriles is 1. The maximum atomic E-state index is 7.97. The molecule has 42 valence electrons. The Labute approximate surface area is 49.1 Å². The van der Waals surface area contributed by atoms with Crippen LogP contribution in [0.5, 0.6) is 0 Å². The van der Waals surface area contributed by atoms with E-state index < -0.39 is 0 Å². The zero-order valence-electron chi connectivity index (χ0n) is 4.76. The van der Waals surface area contributed by atoms with E-state index in [1.165, 1.54) is 6.08 Å². The van der Waals surface area contributed by atoms with Crippen molar-refractivity contribution in [1.29, 1.82) is 5.26 Å². The molecule has 0 atom stereocenters. The van der Waals surface area contributed by atoms with Crippen LogP contribution in [0.1, 0.15) is 0 Å². The van der Waals surface area contributed by atoms with E-state index in [2.05, 4.69) is 5.32 Å². The lowest BCUT2D eigenvalue weighted by Gasteiger charge is -1.77. The highest BCUT2D eigenvalue weighted by Gasteiger charge is 1.58. The van der Waals surface area contributed by atoms with Gasteiger partial charge in [-0.05, 0) is 12.3 Å². The van der Waals surface area contributed by atoms with Gasteiger partial charge in [-0.3, -0.25) is 0 Å². The molecular formula is C6H8N2. The van der Waals surface area contributed by atoms with Crippen molar-refractivity contribution < 1.29 is 0 Å². The lowest BCUT2D eigenvalue weighted by Crippen LogP contribution is -1.89. The highest BCUT2D eigenvalue weighted by atomic mass is 14.8. The Morgan fingerprint density at radius 3 is 2.75 bits per heavy atom. The Bertz CT molecular complexity index is 128. The molecule has 0 rings (SSSR count). The molecule has 0 heterocycles. The Balaban J connectivity index is 3.31. The zero-order valence-corrected chi connectivity index (χ0v) is 4.76. The predicted octanol–water partition coefficient (Wildman–Crippen LogP) is 0.799. The van der Waals surface area contributed by atoms with E-state index in [0.29, 0.717) is 0 Å². The van der Waals surface area contributed by atoms with E-state index in [4.69, 9.17) is 5.26 Å². The quantitative estimate of drug-likeness (QED) is 0.419. The molecule has 0 radical (unpaired) electrons. The molecule has 0 saturated carbocycles. The van der Waals surface area contributed by atoms with Gasteiger partial charge in [-0.1, -0.05) is 6.08 Å². The van der Waals surface area contributed by atoms with Crippen molar-refractivity contribution in [2.24, 2.45) is 0 Å². The molecule has 0 spiro atoms. The second kappa shape index (κ2) is 5.77. The summed E-state index contributed by atoms with van der Waals surface area (Å²) < 4.78 is 0. The summed E-state index contributed by atoms with van der Waals surface area (Å²) in [5, 5.41) is 10.8. The summed E-state index contributed by atoms with van der Waals surface area (Å²) in [4.78, 5) is 0. The monoisotopic (exact) mass is 108 g/mol. The van der Waals surface area contributed by atoms with Crippen molar-refractivity contribution in [3.05, 3.63) is 24.4 Å². The van der Waals surface area contributed by atoms with Crippen molar-refractivity contribution in [3.63, 3.8) is 0 Å². The summed E-state index contributed by atoms with van der Waals surface area (Å²) in [5.41, 5.74) is 0. The van der Waals surface area contributed by atoms with Gasteiger partial charge >= 0.3 is 0 Å². The maximum absolute atomic E-state index is 7.97. The predicted molar refractivity (Wildman–Crippen MR) is 33.0 cm³/mol. The number of hydrogen-bond acceptors (Lipinski definition) is 2. The molecular weight excluding hydrogens is 100 g/mol. The summed E-state index contributed by atoms with van der Waals surface area (Å²) in [6.07, 6.45) is 6.57. The first-order chi connectivity index (χ1) is 3.91. The molecule has 0 aromatic rings. The van der Waals surface area contributed by atoms with E-state index in [1.54, 1.807) is 25.4 Å². The molecule has 0 aliphatic rings.